The van der Waals surface area contributed by atoms with Gasteiger partial charge in [0.1, 0.15) is 5.75 Å². The van der Waals surface area contributed by atoms with Gasteiger partial charge in [0.05, 0.1) is 12.2 Å². The van der Waals surface area contributed by atoms with Crippen molar-refractivity contribution in [1.82, 2.24) is 5.32 Å². The average Bonchev–Trinajstić information content (AvgIpc) is 3.28. The lowest BCUT2D eigenvalue weighted by Crippen LogP contribution is -2.42. The van der Waals surface area contributed by atoms with Crippen LogP contribution >= 0.6 is 0 Å². The first-order chi connectivity index (χ1) is 12.6. The summed E-state index contributed by atoms with van der Waals surface area (Å²) in [4.78, 5) is 24.2. The summed E-state index contributed by atoms with van der Waals surface area (Å²) in [7, 11) is 0. The number of ether oxygens (including phenoxy) is 2. The highest BCUT2D eigenvalue weighted by Gasteiger charge is 2.42. The molecule has 0 aliphatic heterocycles. The molecule has 2 fully saturated rings. The van der Waals surface area contributed by atoms with Gasteiger partial charge in [-0.15, -0.1) is 0 Å². The van der Waals surface area contributed by atoms with E-state index >= 15 is 0 Å². The molecule has 3 rings (SSSR count). The van der Waals surface area contributed by atoms with Gasteiger partial charge in [0.15, 0.2) is 6.61 Å². The number of hydrogen-bond donors (Lipinski definition) is 1. The van der Waals surface area contributed by atoms with Gasteiger partial charge >= 0.3 is 5.97 Å². The predicted molar refractivity (Wildman–Crippen MR) is 99.1 cm³/mol. The summed E-state index contributed by atoms with van der Waals surface area (Å²) >= 11 is 0. The summed E-state index contributed by atoms with van der Waals surface area (Å²) in [6.07, 6.45) is 6.11. The lowest BCUT2D eigenvalue weighted by Gasteiger charge is -2.28. The number of carbonyl (C=O) groups excluding carboxylic acids is 2. The van der Waals surface area contributed by atoms with E-state index in [2.05, 4.69) is 12.2 Å². The molecule has 1 aromatic carbocycles. The van der Waals surface area contributed by atoms with E-state index in [0.29, 0.717) is 18.1 Å². The Morgan fingerprint density at radius 3 is 2.58 bits per heavy atom. The van der Waals surface area contributed by atoms with E-state index in [4.69, 9.17) is 9.47 Å². The van der Waals surface area contributed by atoms with E-state index in [1.165, 1.54) is 25.7 Å². The Kier molecular flexibility index (Phi) is 6.17. The molecule has 1 N–H and O–H groups in total. The Balaban J connectivity index is 1.41. The number of carbonyl (C=O) groups is 2. The summed E-state index contributed by atoms with van der Waals surface area (Å²) in [5.74, 6) is 2.19. The van der Waals surface area contributed by atoms with Crippen molar-refractivity contribution in [1.29, 1.82) is 0 Å². The maximum absolute atomic E-state index is 12.1. The Labute approximate surface area is 155 Å². The van der Waals surface area contributed by atoms with E-state index in [1.807, 2.05) is 6.92 Å². The van der Waals surface area contributed by atoms with E-state index in [9.17, 15) is 9.59 Å². The van der Waals surface area contributed by atoms with Crippen LogP contribution in [0.1, 0.15) is 56.3 Å². The Hall–Kier alpha value is -2.04. The van der Waals surface area contributed by atoms with E-state index in [0.717, 1.165) is 24.0 Å². The van der Waals surface area contributed by atoms with Gasteiger partial charge in [-0.05, 0) is 74.6 Å². The molecule has 4 unspecified atom stereocenters. The van der Waals surface area contributed by atoms with E-state index in [1.54, 1.807) is 24.3 Å². The largest absolute Gasteiger partial charge is 0.494 e. The number of nitrogens with one attached hydrogen (secondary N) is 1. The monoisotopic (exact) mass is 359 g/mol. The zero-order valence-electron chi connectivity index (χ0n) is 15.7. The third-order valence-electron chi connectivity index (χ3n) is 5.72. The summed E-state index contributed by atoms with van der Waals surface area (Å²) in [6.45, 7) is 4.51. The van der Waals surface area contributed by atoms with Gasteiger partial charge in [-0.25, -0.2) is 4.79 Å². The maximum atomic E-state index is 12.1. The quantitative estimate of drug-likeness (QED) is 0.721. The smallest absolute Gasteiger partial charge is 0.338 e. The Morgan fingerprint density at radius 2 is 1.96 bits per heavy atom. The molecule has 0 aromatic heterocycles. The molecule has 5 heteroatoms. The first-order valence-corrected chi connectivity index (χ1v) is 9.76. The van der Waals surface area contributed by atoms with Crippen LogP contribution in [0.25, 0.3) is 0 Å². The fraction of sp³-hybridized carbons (Fsp3) is 0.619. The molecular formula is C21H29NO4. The summed E-state index contributed by atoms with van der Waals surface area (Å²) in [5.41, 5.74) is 0.419. The molecule has 2 saturated carbocycles. The van der Waals surface area contributed by atoms with Crippen LogP contribution in [0.3, 0.4) is 0 Å². The van der Waals surface area contributed by atoms with Crippen molar-refractivity contribution in [3.8, 4) is 5.75 Å². The van der Waals surface area contributed by atoms with Crippen molar-refractivity contribution in [3.63, 3.8) is 0 Å². The average molecular weight is 359 g/mol. The van der Waals surface area contributed by atoms with Crippen LogP contribution < -0.4 is 10.1 Å². The van der Waals surface area contributed by atoms with Crippen LogP contribution in [0.5, 0.6) is 5.75 Å². The van der Waals surface area contributed by atoms with E-state index in [-0.39, 0.29) is 18.6 Å². The molecule has 142 valence electrons. The highest BCUT2D eigenvalue weighted by molar-refractivity contribution is 5.91. The second-order valence-electron chi connectivity index (χ2n) is 7.64. The maximum Gasteiger partial charge on any atom is 0.338 e. The minimum Gasteiger partial charge on any atom is -0.494 e. The lowest BCUT2D eigenvalue weighted by atomic mass is 9.84. The summed E-state index contributed by atoms with van der Waals surface area (Å²) in [6, 6.07) is 6.94. The molecule has 5 nitrogen and oxygen atoms in total. The predicted octanol–water partition coefficient (Wildman–Crippen LogP) is 3.57. The number of benzene rings is 1. The zero-order chi connectivity index (χ0) is 18.5. The van der Waals surface area contributed by atoms with Gasteiger partial charge in [-0.1, -0.05) is 13.3 Å². The van der Waals surface area contributed by atoms with Gasteiger partial charge in [0, 0.05) is 6.04 Å². The highest BCUT2D eigenvalue weighted by atomic mass is 16.5. The van der Waals surface area contributed by atoms with Crippen LogP contribution in [-0.4, -0.2) is 31.1 Å². The molecule has 1 aromatic rings. The number of esters is 1. The fourth-order valence-corrected chi connectivity index (χ4v) is 4.43. The van der Waals surface area contributed by atoms with Gasteiger partial charge in [0.2, 0.25) is 0 Å². The van der Waals surface area contributed by atoms with Crippen molar-refractivity contribution in [2.75, 3.05) is 13.2 Å². The van der Waals surface area contributed by atoms with Crippen molar-refractivity contribution in [3.05, 3.63) is 29.8 Å². The minimum absolute atomic E-state index is 0.145. The van der Waals surface area contributed by atoms with Crippen molar-refractivity contribution >= 4 is 11.9 Å². The van der Waals surface area contributed by atoms with Gasteiger partial charge in [-0.3, -0.25) is 4.79 Å². The number of fused-ring (bicyclic) bond motifs is 2. The molecule has 2 aliphatic carbocycles. The molecule has 2 aliphatic rings. The SMILES string of the molecule is CCCOc1ccc(C(=O)OCC(=O)NC(C)C2CC3CCC2C3)cc1. The molecule has 0 saturated heterocycles. The standard InChI is InChI=1S/C21H29NO4/c1-3-10-25-18-8-6-16(7-9-18)21(24)26-13-20(23)22-14(2)19-12-15-4-5-17(19)11-15/h6-9,14-15,17,19H,3-5,10-13H2,1-2H3,(H,22,23). The van der Waals surface area contributed by atoms with Crippen molar-refractivity contribution in [2.45, 2.75) is 52.0 Å². The molecule has 0 spiro atoms. The first-order valence-electron chi connectivity index (χ1n) is 9.76. The van der Waals surface area contributed by atoms with E-state index < -0.39 is 5.97 Å². The van der Waals surface area contributed by atoms with Crippen LogP contribution in [-0.2, 0) is 9.53 Å². The summed E-state index contributed by atoms with van der Waals surface area (Å²) < 4.78 is 10.6. The second kappa shape index (κ2) is 8.56. The first kappa shape index (κ1) is 18.7. The third kappa shape index (κ3) is 4.57. The molecule has 4 atom stereocenters. The lowest BCUT2D eigenvalue weighted by molar-refractivity contribution is -0.125. The van der Waals surface area contributed by atoms with Crippen molar-refractivity contribution < 1.29 is 19.1 Å². The molecule has 2 bridgehead atoms. The molecular weight excluding hydrogens is 330 g/mol. The van der Waals surface area contributed by atoms with Crippen LogP contribution in [0.15, 0.2) is 24.3 Å². The molecule has 0 heterocycles. The van der Waals surface area contributed by atoms with Crippen LogP contribution in [0.2, 0.25) is 0 Å². The summed E-state index contributed by atoms with van der Waals surface area (Å²) in [5, 5.41) is 3.01. The number of rotatable bonds is 8. The topological polar surface area (TPSA) is 64.6 Å². The normalized spacial score (nSPS) is 24.9. The van der Waals surface area contributed by atoms with Crippen molar-refractivity contribution in [2.24, 2.45) is 17.8 Å². The fourth-order valence-electron chi connectivity index (χ4n) is 4.43. The zero-order valence-corrected chi connectivity index (χ0v) is 15.7. The van der Waals surface area contributed by atoms with Crippen LogP contribution in [0.4, 0.5) is 0 Å². The molecule has 0 radical (unpaired) electrons. The second-order valence-corrected chi connectivity index (χ2v) is 7.64. The molecule has 26 heavy (non-hydrogen) atoms. The number of hydrogen-bond acceptors (Lipinski definition) is 4. The Morgan fingerprint density at radius 1 is 1.19 bits per heavy atom. The van der Waals surface area contributed by atoms with Crippen LogP contribution in [0, 0.1) is 17.8 Å². The highest BCUT2D eigenvalue weighted by Crippen LogP contribution is 2.49. The number of amides is 1. The van der Waals surface area contributed by atoms with Gasteiger partial charge in [0.25, 0.3) is 5.91 Å². The molecule has 1 amide bonds. The third-order valence-corrected chi connectivity index (χ3v) is 5.72. The minimum atomic E-state index is -0.491. The Bertz CT molecular complexity index is 627. The van der Waals surface area contributed by atoms with Gasteiger partial charge < -0.3 is 14.8 Å². The van der Waals surface area contributed by atoms with Gasteiger partial charge in [-0.2, -0.15) is 0 Å².